The van der Waals surface area contributed by atoms with Crippen LogP contribution in [0.25, 0.3) is 6.08 Å². The van der Waals surface area contributed by atoms with Crippen molar-refractivity contribution >= 4 is 58.3 Å². The van der Waals surface area contributed by atoms with Crippen molar-refractivity contribution in [2.45, 2.75) is 4.84 Å². The predicted molar refractivity (Wildman–Crippen MR) is 66.0 cm³/mol. The molecule has 0 atom stereocenters. The number of hydrogen-bond donors (Lipinski definition) is 0. The number of halogens is 4. The highest BCUT2D eigenvalue weighted by Gasteiger charge is 2.06. The summed E-state index contributed by atoms with van der Waals surface area (Å²) in [5, 5.41) is 0.896. The topological polar surface area (TPSA) is 17.1 Å². The largest absolute Gasteiger partial charge is 0.292 e. The molecule has 0 aromatic heterocycles. The number of benzene rings is 1. The Morgan fingerprint density at radius 2 is 1.87 bits per heavy atom. The van der Waals surface area contributed by atoms with Crippen LogP contribution in [0.1, 0.15) is 5.56 Å². The molecule has 0 N–H and O–H groups in total. The molecule has 1 aromatic rings. The van der Waals surface area contributed by atoms with Crippen molar-refractivity contribution < 1.29 is 4.79 Å². The van der Waals surface area contributed by atoms with Crippen molar-refractivity contribution in [3.63, 3.8) is 0 Å². The second-order valence-corrected chi connectivity index (χ2v) is 4.62. The van der Waals surface area contributed by atoms with Crippen LogP contribution in [-0.2, 0) is 4.79 Å². The van der Waals surface area contributed by atoms with Gasteiger partial charge in [-0.15, -0.1) is 0 Å². The number of rotatable bonds is 3. The normalized spacial score (nSPS) is 11.3. The molecule has 5 heteroatoms. The summed E-state index contributed by atoms with van der Waals surface area (Å²) in [7, 11) is 0. The van der Waals surface area contributed by atoms with Crippen molar-refractivity contribution in [3.05, 3.63) is 39.9 Å². The predicted octanol–water partition coefficient (Wildman–Crippen LogP) is 4.38. The van der Waals surface area contributed by atoms with Gasteiger partial charge in [-0.2, -0.15) is 0 Å². The Kier molecular flexibility index (Phi) is 4.94. The lowest BCUT2D eigenvalue weighted by atomic mass is 10.2. The standard InChI is InChI=1S/C10H6Cl4O/c11-7-3-1-6(5-8(7)12)2-4-9(15)10(13)14/h1-5,10H/b4-2+. The molecule has 0 fully saturated rings. The number of hydrogen-bond acceptors (Lipinski definition) is 1. The lowest BCUT2D eigenvalue weighted by molar-refractivity contribution is -0.113. The summed E-state index contributed by atoms with van der Waals surface area (Å²) in [6, 6.07) is 5.02. The van der Waals surface area contributed by atoms with Gasteiger partial charge in [0.15, 0.2) is 10.6 Å². The molecule has 0 aliphatic rings. The van der Waals surface area contributed by atoms with Gasteiger partial charge < -0.3 is 0 Å². The minimum Gasteiger partial charge on any atom is -0.292 e. The number of ketones is 1. The SMILES string of the molecule is O=C(/C=C/c1ccc(Cl)c(Cl)c1)C(Cl)Cl. The molecular weight excluding hydrogens is 278 g/mol. The minimum atomic E-state index is -1.04. The molecule has 15 heavy (non-hydrogen) atoms. The minimum absolute atomic E-state index is 0.371. The third-order valence-electron chi connectivity index (χ3n) is 1.60. The van der Waals surface area contributed by atoms with Crippen molar-refractivity contribution in [2.24, 2.45) is 0 Å². The highest BCUT2D eigenvalue weighted by atomic mass is 35.5. The highest BCUT2D eigenvalue weighted by Crippen LogP contribution is 2.23. The molecule has 0 saturated carbocycles. The van der Waals surface area contributed by atoms with Gasteiger partial charge in [-0.25, -0.2) is 0 Å². The van der Waals surface area contributed by atoms with E-state index in [9.17, 15) is 4.79 Å². The summed E-state index contributed by atoms with van der Waals surface area (Å²) in [5.41, 5.74) is 0.756. The van der Waals surface area contributed by atoms with Crippen LogP contribution in [-0.4, -0.2) is 10.6 Å². The average Bonchev–Trinajstić information content (AvgIpc) is 2.19. The fourth-order valence-electron chi connectivity index (χ4n) is 0.867. The van der Waals surface area contributed by atoms with Gasteiger partial charge in [0, 0.05) is 0 Å². The van der Waals surface area contributed by atoms with Crippen LogP contribution < -0.4 is 0 Å². The molecule has 80 valence electrons. The lowest BCUT2D eigenvalue weighted by Crippen LogP contribution is -2.02. The molecule has 1 aromatic carbocycles. The van der Waals surface area contributed by atoms with E-state index in [-0.39, 0.29) is 5.78 Å². The zero-order chi connectivity index (χ0) is 11.4. The van der Waals surface area contributed by atoms with Crippen LogP contribution >= 0.6 is 46.4 Å². The maximum atomic E-state index is 11.1. The van der Waals surface area contributed by atoms with Gasteiger partial charge >= 0.3 is 0 Å². The Bertz CT molecular complexity index is 398. The Balaban J connectivity index is 2.81. The molecule has 0 bridgehead atoms. The van der Waals surface area contributed by atoms with Crippen molar-refractivity contribution in [3.8, 4) is 0 Å². The van der Waals surface area contributed by atoms with E-state index in [0.29, 0.717) is 10.0 Å². The summed E-state index contributed by atoms with van der Waals surface area (Å²) in [6.07, 6.45) is 2.87. The quantitative estimate of drug-likeness (QED) is 0.594. The molecule has 0 spiro atoms. The second kappa shape index (κ2) is 5.76. The summed E-state index contributed by atoms with van der Waals surface area (Å²) < 4.78 is 0. The van der Waals surface area contributed by atoms with E-state index >= 15 is 0 Å². The van der Waals surface area contributed by atoms with Crippen LogP contribution in [0.15, 0.2) is 24.3 Å². The Labute approximate surface area is 108 Å². The third kappa shape index (κ3) is 4.04. The molecule has 0 heterocycles. The molecule has 1 nitrogen and oxygen atoms in total. The van der Waals surface area contributed by atoms with Gasteiger partial charge in [0.2, 0.25) is 0 Å². The molecule has 0 amide bonds. The first-order valence-corrected chi connectivity index (χ1v) is 5.58. The van der Waals surface area contributed by atoms with Crippen molar-refractivity contribution in [1.29, 1.82) is 0 Å². The van der Waals surface area contributed by atoms with Crippen LogP contribution in [0.3, 0.4) is 0 Å². The third-order valence-corrected chi connectivity index (χ3v) is 2.77. The van der Waals surface area contributed by atoms with Crippen molar-refractivity contribution in [2.75, 3.05) is 0 Å². The first-order chi connectivity index (χ1) is 7.00. The number of alkyl halides is 2. The summed E-state index contributed by atoms with van der Waals surface area (Å²) in [4.78, 5) is 10.0. The maximum Gasteiger partial charge on any atom is 0.188 e. The molecule has 0 radical (unpaired) electrons. The van der Waals surface area contributed by atoms with E-state index in [2.05, 4.69) is 0 Å². The second-order valence-electron chi connectivity index (χ2n) is 2.71. The van der Waals surface area contributed by atoms with Crippen LogP contribution in [0, 0.1) is 0 Å². The Morgan fingerprint density at radius 3 is 2.40 bits per heavy atom. The number of carbonyl (C=O) groups is 1. The summed E-state index contributed by atoms with van der Waals surface area (Å²) >= 11 is 22.3. The average molecular weight is 284 g/mol. The van der Waals surface area contributed by atoms with E-state index in [1.54, 1.807) is 24.3 Å². The number of allylic oxidation sites excluding steroid dienone is 1. The molecule has 0 aliphatic carbocycles. The smallest absolute Gasteiger partial charge is 0.188 e. The van der Waals surface area contributed by atoms with Crippen molar-refractivity contribution in [1.82, 2.24) is 0 Å². The van der Waals surface area contributed by atoms with E-state index in [1.807, 2.05) is 0 Å². The maximum absolute atomic E-state index is 11.1. The van der Waals surface area contributed by atoms with Gasteiger partial charge in [-0.05, 0) is 23.8 Å². The van der Waals surface area contributed by atoms with Gasteiger partial charge in [0.25, 0.3) is 0 Å². The van der Waals surface area contributed by atoms with Gasteiger partial charge in [0.1, 0.15) is 0 Å². The lowest BCUT2D eigenvalue weighted by Gasteiger charge is -1.97. The highest BCUT2D eigenvalue weighted by molar-refractivity contribution is 6.55. The van der Waals surface area contributed by atoms with E-state index in [0.717, 1.165) is 5.56 Å². The van der Waals surface area contributed by atoms with E-state index in [4.69, 9.17) is 46.4 Å². The number of carbonyl (C=O) groups excluding carboxylic acids is 1. The summed E-state index contributed by atoms with van der Waals surface area (Å²) in [6.45, 7) is 0. The fraction of sp³-hybridized carbons (Fsp3) is 0.100. The zero-order valence-corrected chi connectivity index (χ0v) is 10.4. The molecule has 0 aliphatic heterocycles. The zero-order valence-electron chi connectivity index (χ0n) is 7.38. The first kappa shape index (κ1) is 12.9. The summed E-state index contributed by atoms with van der Waals surface area (Å²) in [5.74, 6) is -0.371. The first-order valence-electron chi connectivity index (χ1n) is 3.96. The van der Waals surface area contributed by atoms with Gasteiger partial charge in [0.05, 0.1) is 10.0 Å². The molecular formula is C10H6Cl4O. The van der Waals surface area contributed by atoms with Gasteiger partial charge in [-0.1, -0.05) is 58.5 Å². The molecule has 0 unspecified atom stereocenters. The Hall–Kier alpha value is -0.210. The van der Waals surface area contributed by atoms with Gasteiger partial charge in [-0.3, -0.25) is 4.79 Å². The molecule has 1 rings (SSSR count). The molecule has 0 saturated heterocycles. The van der Waals surface area contributed by atoms with Crippen LogP contribution in [0.4, 0.5) is 0 Å². The van der Waals surface area contributed by atoms with Crippen LogP contribution in [0.2, 0.25) is 10.0 Å². The van der Waals surface area contributed by atoms with Crippen LogP contribution in [0.5, 0.6) is 0 Å². The fourth-order valence-corrected chi connectivity index (χ4v) is 1.32. The van der Waals surface area contributed by atoms with E-state index in [1.165, 1.54) is 6.08 Å². The van der Waals surface area contributed by atoms with E-state index < -0.39 is 4.84 Å². The Morgan fingerprint density at radius 1 is 1.20 bits per heavy atom. The monoisotopic (exact) mass is 282 g/mol.